The smallest absolute Gasteiger partial charge is 0.0816 e. The van der Waals surface area contributed by atoms with Gasteiger partial charge in [0.15, 0.2) is 0 Å². The number of halogens is 2. The van der Waals surface area contributed by atoms with Gasteiger partial charge in [-0.25, -0.2) is 0 Å². The van der Waals surface area contributed by atoms with Crippen molar-refractivity contribution in [2.24, 2.45) is 0 Å². The molecule has 0 saturated heterocycles. The zero-order valence-corrected chi connectivity index (χ0v) is 14.1. The lowest BCUT2D eigenvalue weighted by molar-refractivity contribution is 0.147. The van der Waals surface area contributed by atoms with Crippen molar-refractivity contribution in [2.45, 2.75) is 12.5 Å². The van der Waals surface area contributed by atoms with Crippen LogP contribution in [0, 0.1) is 0 Å². The molecular formula is C14H22BrClN2O. The average molecular weight is 350 g/mol. The van der Waals surface area contributed by atoms with Crippen molar-refractivity contribution in [2.75, 3.05) is 40.8 Å². The minimum Gasteiger partial charge on any atom is -0.388 e. The lowest BCUT2D eigenvalue weighted by atomic mass is 10.1. The van der Waals surface area contributed by atoms with E-state index in [4.69, 9.17) is 11.6 Å². The number of hydrogen-bond acceptors (Lipinski definition) is 3. The Bertz CT molecular complexity index is 401. The molecule has 19 heavy (non-hydrogen) atoms. The summed E-state index contributed by atoms with van der Waals surface area (Å²) >= 11 is 9.49. The summed E-state index contributed by atoms with van der Waals surface area (Å²) in [5, 5.41) is 10.8. The van der Waals surface area contributed by atoms with Crippen molar-refractivity contribution in [3.8, 4) is 0 Å². The van der Waals surface area contributed by atoms with Crippen LogP contribution < -0.4 is 0 Å². The molecule has 0 heterocycles. The van der Waals surface area contributed by atoms with Crippen molar-refractivity contribution in [1.29, 1.82) is 0 Å². The molecule has 0 amide bonds. The molecular weight excluding hydrogens is 328 g/mol. The summed E-state index contributed by atoms with van der Waals surface area (Å²) in [5.41, 5.74) is 0.797. The van der Waals surface area contributed by atoms with Gasteiger partial charge < -0.3 is 14.9 Å². The zero-order chi connectivity index (χ0) is 14.4. The van der Waals surface area contributed by atoms with E-state index in [0.29, 0.717) is 11.4 Å². The highest BCUT2D eigenvalue weighted by molar-refractivity contribution is 9.10. The highest BCUT2D eigenvalue weighted by atomic mass is 79.9. The summed E-state index contributed by atoms with van der Waals surface area (Å²) in [6, 6.07) is 5.59. The average Bonchev–Trinajstić information content (AvgIpc) is 2.33. The van der Waals surface area contributed by atoms with Gasteiger partial charge in [0, 0.05) is 29.1 Å². The molecule has 0 aromatic heterocycles. The van der Waals surface area contributed by atoms with E-state index in [-0.39, 0.29) is 0 Å². The van der Waals surface area contributed by atoms with Crippen LogP contribution in [0.2, 0.25) is 5.02 Å². The molecule has 1 N–H and O–H groups in total. The molecule has 108 valence electrons. The van der Waals surface area contributed by atoms with Crippen LogP contribution in [0.25, 0.3) is 0 Å². The second kappa shape index (κ2) is 8.22. The van der Waals surface area contributed by atoms with Crippen LogP contribution in [0.5, 0.6) is 0 Å². The molecule has 1 unspecified atom stereocenters. The van der Waals surface area contributed by atoms with E-state index >= 15 is 0 Å². The third-order valence-corrected chi connectivity index (χ3v) is 3.86. The molecule has 0 bridgehead atoms. The molecule has 0 radical (unpaired) electrons. The predicted octanol–water partition coefficient (Wildman–Crippen LogP) is 3.02. The van der Waals surface area contributed by atoms with Gasteiger partial charge >= 0.3 is 0 Å². The third-order valence-electron chi connectivity index (χ3n) is 3.03. The quantitative estimate of drug-likeness (QED) is 0.820. The van der Waals surface area contributed by atoms with Gasteiger partial charge in [-0.1, -0.05) is 33.6 Å². The summed E-state index contributed by atoms with van der Waals surface area (Å²) in [4.78, 5) is 4.37. The van der Waals surface area contributed by atoms with E-state index in [1.165, 1.54) is 0 Å². The van der Waals surface area contributed by atoms with Crippen LogP contribution in [0.15, 0.2) is 22.7 Å². The first-order valence-corrected chi connectivity index (χ1v) is 7.53. The largest absolute Gasteiger partial charge is 0.388 e. The monoisotopic (exact) mass is 348 g/mol. The molecule has 1 aromatic carbocycles. The van der Waals surface area contributed by atoms with E-state index in [1.807, 2.05) is 18.2 Å². The van der Waals surface area contributed by atoms with E-state index in [9.17, 15) is 5.11 Å². The van der Waals surface area contributed by atoms with Gasteiger partial charge in [0.05, 0.1) is 6.10 Å². The lowest BCUT2D eigenvalue weighted by Gasteiger charge is -2.21. The number of aliphatic hydroxyl groups excluding tert-OH is 1. The van der Waals surface area contributed by atoms with Gasteiger partial charge in [-0.3, -0.25) is 0 Å². The Labute approximate surface area is 129 Å². The molecule has 0 saturated carbocycles. The molecule has 1 atom stereocenters. The zero-order valence-electron chi connectivity index (χ0n) is 11.7. The maximum atomic E-state index is 10.2. The van der Waals surface area contributed by atoms with Crippen LogP contribution in [0.3, 0.4) is 0 Å². The first-order chi connectivity index (χ1) is 8.90. The first-order valence-electron chi connectivity index (χ1n) is 6.36. The fourth-order valence-corrected chi connectivity index (χ4v) is 2.55. The maximum Gasteiger partial charge on any atom is 0.0816 e. The van der Waals surface area contributed by atoms with Gasteiger partial charge in [0.25, 0.3) is 0 Å². The minimum atomic E-state index is -0.512. The Morgan fingerprint density at radius 3 is 2.47 bits per heavy atom. The number of likely N-dealkylation sites (N-methyl/N-ethyl adjacent to an activating group) is 2. The molecule has 3 nitrogen and oxygen atoms in total. The molecule has 5 heteroatoms. The lowest BCUT2D eigenvalue weighted by Crippen LogP contribution is -2.30. The predicted molar refractivity (Wildman–Crippen MR) is 84.8 cm³/mol. The second-order valence-electron chi connectivity index (χ2n) is 5.08. The van der Waals surface area contributed by atoms with E-state index in [2.05, 4.69) is 46.9 Å². The Hall–Kier alpha value is -0.130. The van der Waals surface area contributed by atoms with Crippen molar-refractivity contribution < 1.29 is 5.11 Å². The van der Waals surface area contributed by atoms with Crippen LogP contribution in [0.1, 0.15) is 18.1 Å². The standard InChI is InChI=1S/C14H22BrClN2O/c1-17(2)8-9-18(3)7-6-14(19)12-5-4-11(15)10-13(12)16/h4-5,10,14,19H,6-9H2,1-3H3. The molecule has 0 aliphatic carbocycles. The van der Waals surface area contributed by atoms with Crippen LogP contribution in [-0.4, -0.2) is 55.7 Å². The topological polar surface area (TPSA) is 26.7 Å². The Morgan fingerprint density at radius 2 is 1.89 bits per heavy atom. The van der Waals surface area contributed by atoms with Crippen LogP contribution in [0.4, 0.5) is 0 Å². The fourth-order valence-electron chi connectivity index (χ4n) is 1.75. The Kier molecular flexibility index (Phi) is 7.32. The summed E-state index contributed by atoms with van der Waals surface area (Å²) < 4.78 is 0.927. The maximum absolute atomic E-state index is 10.2. The highest BCUT2D eigenvalue weighted by Crippen LogP contribution is 2.28. The summed E-state index contributed by atoms with van der Waals surface area (Å²) in [6.07, 6.45) is 0.174. The Morgan fingerprint density at radius 1 is 1.21 bits per heavy atom. The van der Waals surface area contributed by atoms with Crippen molar-refractivity contribution in [3.05, 3.63) is 33.3 Å². The van der Waals surface area contributed by atoms with Crippen LogP contribution >= 0.6 is 27.5 Å². The van der Waals surface area contributed by atoms with Gasteiger partial charge in [-0.05, 0) is 45.3 Å². The minimum absolute atomic E-state index is 0.512. The van der Waals surface area contributed by atoms with Crippen molar-refractivity contribution in [3.63, 3.8) is 0 Å². The van der Waals surface area contributed by atoms with E-state index in [0.717, 1.165) is 29.7 Å². The molecule has 0 spiro atoms. The normalized spacial score (nSPS) is 13.3. The molecule has 0 aliphatic rings. The summed E-state index contributed by atoms with van der Waals surface area (Å²) in [5.74, 6) is 0. The highest BCUT2D eigenvalue weighted by Gasteiger charge is 2.12. The molecule has 1 rings (SSSR count). The number of benzene rings is 1. The van der Waals surface area contributed by atoms with Gasteiger partial charge in [0.2, 0.25) is 0 Å². The number of nitrogens with zero attached hydrogens (tertiary/aromatic N) is 2. The van der Waals surface area contributed by atoms with Gasteiger partial charge in [-0.15, -0.1) is 0 Å². The van der Waals surface area contributed by atoms with Crippen molar-refractivity contribution >= 4 is 27.5 Å². The third kappa shape index (κ3) is 6.23. The molecule has 0 aliphatic heterocycles. The van der Waals surface area contributed by atoms with Gasteiger partial charge in [0.1, 0.15) is 0 Å². The first kappa shape index (κ1) is 16.9. The van der Waals surface area contributed by atoms with Gasteiger partial charge in [-0.2, -0.15) is 0 Å². The molecule has 0 fully saturated rings. The summed E-state index contributed by atoms with van der Waals surface area (Å²) in [6.45, 7) is 2.86. The van der Waals surface area contributed by atoms with E-state index < -0.39 is 6.10 Å². The second-order valence-corrected chi connectivity index (χ2v) is 6.40. The van der Waals surface area contributed by atoms with Crippen LogP contribution in [-0.2, 0) is 0 Å². The summed E-state index contributed by atoms with van der Waals surface area (Å²) in [7, 11) is 6.19. The molecule has 1 aromatic rings. The SMILES string of the molecule is CN(C)CCN(C)CCC(O)c1ccc(Br)cc1Cl. The number of rotatable bonds is 7. The number of aliphatic hydroxyl groups is 1. The fraction of sp³-hybridized carbons (Fsp3) is 0.571. The number of hydrogen-bond donors (Lipinski definition) is 1. The van der Waals surface area contributed by atoms with E-state index in [1.54, 1.807) is 0 Å². The Balaban J connectivity index is 2.44. The van der Waals surface area contributed by atoms with Crippen molar-refractivity contribution in [1.82, 2.24) is 9.80 Å².